The van der Waals surface area contributed by atoms with Gasteiger partial charge in [0.2, 0.25) is 0 Å². The van der Waals surface area contributed by atoms with E-state index in [9.17, 15) is 19.5 Å². The van der Waals surface area contributed by atoms with Crippen LogP contribution in [0.1, 0.15) is 51.7 Å². The van der Waals surface area contributed by atoms with E-state index in [4.69, 9.17) is 14.5 Å². The Morgan fingerprint density at radius 2 is 2.00 bits per heavy atom. The number of nitrogens with one attached hydrogen (secondary N) is 3. The third-order valence-corrected chi connectivity index (χ3v) is 6.40. The normalized spacial score (nSPS) is 20.8. The van der Waals surface area contributed by atoms with Crippen molar-refractivity contribution in [2.24, 2.45) is 0 Å². The number of benzene rings is 1. The predicted octanol–water partition coefficient (Wildman–Crippen LogP) is 4.23. The van der Waals surface area contributed by atoms with Crippen molar-refractivity contribution in [3.8, 4) is 11.3 Å². The monoisotopic (exact) mass is 525 g/mol. The number of likely N-dealkylation sites (tertiary alicyclic amines) is 1. The molecule has 1 fully saturated rings. The molecular formula is C27H35N5O6. The van der Waals surface area contributed by atoms with Gasteiger partial charge in [0.25, 0.3) is 0 Å². The topological polar surface area (TPSA) is 142 Å². The first-order valence-electron chi connectivity index (χ1n) is 12.8. The number of rotatable bonds is 8. The van der Waals surface area contributed by atoms with Gasteiger partial charge in [-0.25, -0.2) is 19.4 Å². The number of carbonyl (C=O) groups is 3. The van der Waals surface area contributed by atoms with Crippen LogP contribution in [0.3, 0.4) is 0 Å². The van der Waals surface area contributed by atoms with Crippen LogP contribution in [0.25, 0.3) is 11.3 Å². The molecule has 0 saturated carbocycles. The Morgan fingerprint density at radius 3 is 2.71 bits per heavy atom. The number of amides is 2. The van der Waals surface area contributed by atoms with Gasteiger partial charge in [-0.3, -0.25) is 10.2 Å². The zero-order valence-electron chi connectivity index (χ0n) is 22.1. The second kappa shape index (κ2) is 11.3. The van der Waals surface area contributed by atoms with Crippen molar-refractivity contribution in [1.82, 2.24) is 15.2 Å². The number of hydrogen-bond donors (Lipinski definition) is 4. The minimum Gasteiger partial charge on any atom is -0.480 e. The molecule has 2 aromatic rings. The van der Waals surface area contributed by atoms with Crippen molar-refractivity contribution in [2.45, 2.75) is 63.8 Å². The highest BCUT2D eigenvalue weighted by Crippen LogP contribution is 2.40. The lowest BCUT2D eigenvalue weighted by molar-refractivity contribution is -0.142. The van der Waals surface area contributed by atoms with Crippen molar-refractivity contribution in [3.05, 3.63) is 42.0 Å². The molecule has 3 atom stereocenters. The largest absolute Gasteiger partial charge is 0.480 e. The van der Waals surface area contributed by atoms with Gasteiger partial charge in [-0.05, 0) is 65.4 Å². The van der Waals surface area contributed by atoms with Crippen LogP contribution in [-0.4, -0.2) is 71.0 Å². The number of fused-ring (bicyclic) bond motifs is 1. The fraction of sp³-hybridized carbons (Fsp3) is 0.481. The maximum atomic E-state index is 12.6. The Balaban J connectivity index is 1.56. The number of carboxylic acids is 1. The fourth-order valence-corrected chi connectivity index (χ4v) is 4.81. The van der Waals surface area contributed by atoms with Gasteiger partial charge in [0.1, 0.15) is 23.6 Å². The lowest BCUT2D eigenvalue weighted by Crippen LogP contribution is -2.43. The molecule has 38 heavy (non-hydrogen) atoms. The Hall–Kier alpha value is -3.86. The number of carbonyl (C=O) groups excluding carboxylic acids is 2. The summed E-state index contributed by atoms with van der Waals surface area (Å²) < 4.78 is 11.1. The molecule has 2 amide bonds. The first-order chi connectivity index (χ1) is 18.1. The molecule has 1 aromatic heterocycles. The fourth-order valence-electron chi connectivity index (χ4n) is 4.81. The molecule has 4 rings (SSSR count). The van der Waals surface area contributed by atoms with Crippen LogP contribution < -0.4 is 16.0 Å². The Morgan fingerprint density at radius 1 is 1.24 bits per heavy atom. The van der Waals surface area contributed by atoms with Gasteiger partial charge in [0.15, 0.2) is 0 Å². The van der Waals surface area contributed by atoms with Crippen molar-refractivity contribution < 1.29 is 29.0 Å². The van der Waals surface area contributed by atoms with Gasteiger partial charge >= 0.3 is 18.2 Å². The number of anilines is 2. The van der Waals surface area contributed by atoms with E-state index in [0.29, 0.717) is 23.6 Å². The average Bonchev–Trinajstić information content (AvgIpc) is 3.27. The van der Waals surface area contributed by atoms with E-state index < -0.39 is 35.9 Å². The van der Waals surface area contributed by atoms with E-state index in [1.807, 2.05) is 37.4 Å². The molecule has 1 saturated heterocycles. The molecule has 204 valence electrons. The first-order valence-corrected chi connectivity index (χ1v) is 12.8. The molecule has 11 heteroatoms. The summed E-state index contributed by atoms with van der Waals surface area (Å²) in [6.45, 7) is 6.20. The van der Waals surface area contributed by atoms with Crippen LogP contribution in [0.2, 0.25) is 0 Å². The van der Waals surface area contributed by atoms with E-state index in [1.165, 1.54) is 4.90 Å². The highest BCUT2D eigenvalue weighted by molar-refractivity contribution is 5.91. The second-order valence-electron chi connectivity index (χ2n) is 10.5. The zero-order chi connectivity index (χ0) is 27.4. The summed E-state index contributed by atoms with van der Waals surface area (Å²) in [7, 11) is 1.88. The third kappa shape index (κ3) is 6.34. The zero-order valence-corrected chi connectivity index (χ0v) is 22.1. The number of aromatic nitrogens is 1. The molecule has 0 spiro atoms. The molecule has 0 radical (unpaired) electrons. The summed E-state index contributed by atoms with van der Waals surface area (Å²) in [5, 5.41) is 18.9. The van der Waals surface area contributed by atoms with E-state index in [-0.39, 0.29) is 19.0 Å². The molecule has 2 aliphatic rings. The maximum Gasteiger partial charge on any atom is 0.412 e. The number of nitrogens with zero attached hydrogens (tertiary/aromatic N) is 2. The summed E-state index contributed by atoms with van der Waals surface area (Å²) in [5.74, 6) is -0.531. The van der Waals surface area contributed by atoms with Crippen LogP contribution in [0.5, 0.6) is 0 Å². The highest BCUT2D eigenvalue weighted by Gasteiger charge is 2.41. The van der Waals surface area contributed by atoms with E-state index in [1.54, 1.807) is 26.8 Å². The van der Waals surface area contributed by atoms with Gasteiger partial charge < -0.3 is 25.2 Å². The minimum atomic E-state index is -1.08. The second-order valence-corrected chi connectivity index (χ2v) is 10.5. The van der Waals surface area contributed by atoms with Crippen molar-refractivity contribution >= 4 is 29.7 Å². The molecular weight excluding hydrogens is 490 g/mol. The number of hydrogen-bond acceptors (Lipinski definition) is 8. The summed E-state index contributed by atoms with van der Waals surface area (Å²) in [5.41, 5.74) is 2.36. The summed E-state index contributed by atoms with van der Waals surface area (Å²) in [6.07, 6.45) is 0.173. The number of aliphatic carboxylic acids is 1. The van der Waals surface area contributed by atoms with Crippen molar-refractivity contribution in [3.63, 3.8) is 0 Å². The van der Waals surface area contributed by atoms with Gasteiger partial charge in [-0.15, -0.1) is 0 Å². The summed E-state index contributed by atoms with van der Waals surface area (Å²) >= 11 is 0. The third-order valence-electron chi connectivity index (χ3n) is 6.40. The van der Waals surface area contributed by atoms with Gasteiger partial charge in [0, 0.05) is 30.1 Å². The Bertz CT molecular complexity index is 1200. The number of carboxylic acid groups (broad SMARTS) is 1. The molecule has 2 aliphatic heterocycles. The number of cyclic esters (lactones) is 1. The van der Waals surface area contributed by atoms with Crippen LogP contribution in [0.4, 0.5) is 21.1 Å². The van der Waals surface area contributed by atoms with Crippen LogP contribution in [0.15, 0.2) is 36.4 Å². The Labute approximate surface area is 221 Å². The predicted molar refractivity (Wildman–Crippen MR) is 142 cm³/mol. The molecule has 3 heterocycles. The smallest absolute Gasteiger partial charge is 0.412 e. The highest BCUT2D eigenvalue weighted by atomic mass is 16.6. The maximum absolute atomic E-state index is 12.6. The summed E-state index contributed by atoms with van der Waals surface area (Å²) in [4.78, 5) is 42.7. The molecule has 4 N–H and O–H groups in total. The minimum absolute atomic E-state index is 0.173. The molecule has 11 nitrogen and oxygen atoms in total. The van der Waals surface area contributed by atoms with Crippen molar-refractivity contribution in [2.75, 3.05) is 30.8 Å². The van der Waals surface area contributed by atoms with Gasteiger partial charge in [-0.1, -0.05) is 18.2 Å². The number of ether oxygens (including phenoxy) is 2. The standard InChI is InChI=1S/C27H35N5O6/c1-27(2,3)38-26(36)32-15-16(14-20(32)24(33)34)29-22-12-6-9-18(30-22)17-8-5-10-19-23(17)21(11-7-13-28-4)37-25(35)31-19/h5-6,8-10,12,16,20-21,28H,7,11,13-15H2,1-4H3,(H,29,30)(H,31,35)(H,33,34)/t16-,20-,21?/m0/s1. The van der Waals surface area contributed by atoms with E-state index in [2.05, 4.69) is 16.0 Å². The Kier molecular flexibility index (Phi) is 8.05. The molecule has 1 aromatic carbocycles. The van der Waals surface area contributed by atoms with Gasteiger partial charge in [0.05, 0.1) is 11.4 Å². The van der Waals surface area contributed by atoms with Gasteiger partial charge in [-0.2, -0.15) is 0 Å². The van der Waals surface area contributed by atoms with E-state index in [0.717, 1.165) is 24.1 Å². The number of pyridine rings is 1. The quantitative estimate of drug-likeness (QED) is 0.373. The first kappa shape index (κ1) is 27.2. The lowest BCUT2D eigenvalue weighted by atomic mass is 9.93. The average molecular weight is 526 g/mol. The van der Waals surface area contributed by atoms with Crippen LogP contribution >= 0.6 is 0 Å². The summed E-state index contributed by atoms with van der Waals surface area (Å²) in [6, 6.07) is 9.87. The molecule has 0 aliphatic carbocycles. The van der Waals surface area contributed by atoms with Crippen LogP contribution in [-0.2, 0) is 14.3 Å². The SMILES string of the molecule is CNCCCC1OC(=O)Nc2cccc(-c3cccc(N[C@H]4C[C@@H](C(=O)O)N(C(=O)OC(C)(C)C)C4)n3)c21. The van der Waals surface area contributed by atoms with Crippen molar-refractivity contribution in [1.29, 1.82) is 0 Å². The van der Waals surface area contributed by atoms with Crippen LogP contribution in [0, 0.1) is 0 Å². The lowest BCUT2D eigenvalue weighted by Gasteiger charge is -2.28. The molecule has 1 unspecified atom stereocenters. The molecule has 0 bridgehead atoms. The van der Waals surface area contributed by atoms with E-state index >= 15 is 0 Å².